The van der Waals surface area contributed by atoms with Gasteiger partial charge in [-0.15, -0.1) is 0 Å². The molecule has 0 aliphatic carbocycles. The second-order valence-corrected chi connectivity index (χ2v) is 4.44. The average Bonchev–Trinajstić information content (AvgIpc) is 2.87. The first-order valence-corrected chi connectivity index (χ1v) is 6.53. The van der Waals surface area contributed by atoms with Crippen molar-refractivity contribution >= 4 is 0 Å². The van der Waals surface area contributed by atoms with Gasteiger partial charge < -0.3 is 9.84 Å². The first-order valence-electron chi connectivity index (χ1n) is 6.53. The summed E-state index contributed by atoms with van der Waals surface area (Å²) in [6.07, 6.45) is 1.82. The van der Waals surface area contributed by atoms with Gasteiger partial charge in [0.2, 0.25) is 0 Å². The molecule has 0 amide bonds. The molecular weight excluding hydrogens is 240 g/mol. The summed E-state index contributed by atoms with van der Waals surface area (Å²) in [6, 6.07) is 7.98. The second kappa shape index (κ2) is 7.01. The molecule has 5 heteroatoms. The molecule has 2 rings (SSSR count). The van der Waals surface area contributed by atoms with Gasteiger partial charge in [0.15, 0.2) is 5.76 Å². The molecule has 19 heavy (non-hydrogen) atoms. The highest BCUT2D eigenvalue weighted by molar-refractivity contribution is 5.06. The van der Waals surface area contributed by atoms with Crippen LogP contribution in [-0.4, -0.2) is 28.6 Å². The zero-order chi connectivity index (χ0) is 13.5. The maximum absolute atomic E-state index is 5.34. The van der Waals surface area contributed by atoms with Gasteiger partial charge in [0, 0.05) is 25.4 Å². The van der Waals surface area contributed by atoms with Crippen molar-refractivity contribution in [2.75, 3.05) is 13.6 Å². The molecule has 2 heterocycles. The summed E-state index contributed by atoms with van der Waals surface area (Å²) in [4.78, 5) is 6.61. The number of hydrogen-bond donors (Lipinski definition) is 1. The summed E-state index contributed by atoms with van der Waals surface area (Å²) in [6.45, 7) is 5.38. The van der Waals surface area contributed by atoms with Crippen LogP contribution >= 0.6 is 0 Å². The summed E-state index contributed by atoms with van der Waals surface area (Å²) in [5.41, 5.74) is 2.01. The van der Waals surface area contributed by atoms with Crippen molar-refractivity contribution in [1.82, 2.24) is 20.4 Å². The topological polar surface area (TPSA) is 54.2 Å². The van der Waals surface area contributed by atoms with Crippen LogP contribution in [0.25, 0.3) is 0 Å². The lowest BCUT2D eigenvalue weighted by molar-refractivity contribution is 0.231. The predicted molar refractivity (Wildman–Crippen MR) is 73.3 cm³/mol. The Labute approximate surface area is 113 Å². The van der Waals surface area contributed by atoms with E-state index in [-0.39, 0.29) is 0 Å². The van der Waals surface area contributed by atoms with E-state index in [2.05, 4.69) is 27.3 Å². The lowest BCUT2D eigenvalue weighted by Gasteiger charge is -2.17. The molecule has 0 saturated heterocycles. The first kappa shape index (κ1) is 13.7. The number of nitrogens with one attached hydrogen (secondary N) is 1. The summed E-state index contributed by atoms with van der Waals surface area (Å²) in [5.74, 6) is 0.892. The minimum atomic E-state index is 0.732. The Morgan fingerprint density at radius 1 is 1.26 bits per heavy atom. The Kier molecular flexibility index (Phi) is 5.06. The van der Waals surface area contributed by atoms with Crippen molar-refractivity contribution in [2.45, 2.75) is 26.6 Å². The molecule has 0 aromatic carbocycles. The number of hydrogen-bond acceptors (Lipinski definition) is 5. The molecule has 2 aromatic heterocycles. The van der Waals surface area contributed by atoms with Gasteiger partial charge in [-0.25, -0.2) is 0 Å². The number of aromatic nitrogens is 2. The van der Waals surface area contributed by atoms with Crippen molar-refractivity contribution in [3.8, 4) is 0 Å². The van der Waals surface area contributed by atoms with Gasteiger partial charge in [-0.05, 0) is 25.7 Å². The second-order valence-electron chi connectivity index (χ2n) is 4.44. The molecule has 0 aliphatic heterocycles. The monoisotopic (exact) mass is 260 g/mol. The molecule has 2 aromatic rings. The molecular formula is C14H20N4O. The van der Waals surface area contributed by atoms with Crippen molar-refractivity contribution in [3.63, 3.8) is 0 Å². The number of nitrogens with zero attached hydrogens (tertiary/aromatic N) is 3. The van der Waals surface area contributed by atoms with E-state index in [0.717, 1.165) is 43.3 Å². The van der Waals surface area contributed by atoms with Crippen LogP contribution in [0.5, 0.6) is 0 Å². The molecule has 0 radical (unpaired) electrons. The first-order chi connectivity index (χ1) is 9.31. The Morgan fingerprint density at radius 3 is 2.84 bits per heavy atom. The van der Waals surface area contributed by atoms with Crippen LogP contribution in [0.1, 0.15) is 24.1 Å². The summed E-state index contributed by atoms with van der Waals surface area (Å²) >= 11 is 0. The van der Waals surface area contributed by atoms with Crippen LogP contribution < -0.4 is 5.32 Å². The molecule has 5 nitrogen and oxygen atoms in total. The number of pyridine rings is 1. The average molecular weight is 260 g/mol. The Hall–Kier alpha value is -1.72. The largest absolute Gasteiger partial charge is 0.360 e. The molecule has 0 fully saturated rings. The van der Waals surface area contributed by atoms with Gasteiger partial charge >= 0.3 is 0 Å². The van der Waals surface area contributed by atoms with Gasteiger partial charge in [0.25, 0.3) is 0 Å². The van der Waals surface area contributed by atoms with E-state index < -0.39 is 0 Å². The Morgan fingerprint density at radius 2 is 2.16 bits per heavy atom. The minimum absolute atomic E-state index is 0.732. The standard InChI is InChI=1S/C14H20N4O/c1-3-18(10-12-6-4-5-7-16-12)11-14-8-13(9-15-2)17-19-14/h4-8,15H,3,9-11H2,1-2H3. The maximum Gasteiger partial charge on any atom is 0.151 e. The minimum Gasteiger partial charge on any atom is -0.360 e. The SMILES string of the molecule is CCN(Cc1ccccn1)Cc1cc(CNC)no1. The number of rotatable bonds is 7. The molecule has 0 aliphatic rings. The van der Waals surface area contributed by atoms with E-state index in [1.54, 1.807) is 0 Å². The fourth-order valence-electron chi connectivity index (χ4n) is 1.92. The smallest absolute Gasteiger partial charge is 0.151 e. The van der Waals surface area contributed by atoms with Crippen molar-refractivity contribution in [2.24, 2.45) is 0 Å². The molecule has 1 N–H and O–H groups in total. The quantitative estimate of drug-likeness (QED) is 0.823. The molecule has 102 valence electrons. The third-order valence-electron chi connectivity index (χ3n) is 2.90. The highest BCUT2D eigenvalue weighted by Crippen LogP contribution is 2.09. The lowest BCUT2D eigenvalue weighted by atomic mass is 10.3. The van der Waals surface area contributed by atoms with Crippen LogP contribution in [0, 0.1) is 0 Å². The third-order valence-corrected chi connectivity index (χ3v) is 2.90. The molecule has 0 unspecified atom stereocenters. The highest BCUT2D eigenvalue weighted by Gasteiger charge is 2.10. The predicted octanol–water partition coefficient (Wildman–Crippen LogP) is 1.81. The van der Waals surface area contributed by atoms with E-state index in [1.165, 1.54) is 0 Å². The zero-order valence-electron chi connectivity index (χ0n) is 11.5. The van der Waals surface area contributed by atoms with E-state index in [0.29, 0.717) is 0 Å². The van der Waals surface area contributed by atoms with Crippen LogP contribution in [0.3, 0.4) is 0 Å². The van der Waals surface area contributed by atoms with Crippen LogP contribution in [-0.2, 0) is 19.6 Å². The van der Waals surface area contributed by atoms with Crippen LogP contribution in [0.2, 0.25) is 0 Å². The van der Waals surface area contributed by atoms with E-state index in [1.807, 2.05) is 37.5 Å². The third kappa shape index (κ3) is 4.15. The van der Waals surface area contributed by atoms with Crippen molar-refractivity contribution < 1.29 is 4.52 Å². The van der Waals surface area contributed by atoms with E-state index >= 15 is 0 Å². The molecule has 0 saturated carbocycles. The highest BCUT2D eigenvalue weighted by atomic mass is 16.5. The van der Waals surface area contributed by atoms with Gasteiger partial charge in [0.1, 0.15) is 0 Å². The molecule has 0 bridgehead atoms. The Bertz CT molecular complexity index is 483. The van der Waals surface area contributed by atoms with Gasteiger partial charge in [-0.1, -0.05) is 18.1 Å². The summed E-state index contributed by atoms with van der Waals surface area (Å²) in [5, 5.41) is 7.08. The fraction of sp³-hybridized carbons (Fsp3) is 0.429. The normalized spacial score (nSPS) is 11.1. The van der Waals surface area contributed by atoms with Crippen molar-refractivity contribution in [1.29, 1.82) is 0 Å². The maximum atomic E-state index is 5.34. The van der Waals surface area contributed by atoms with Crippen LogP contribution in [0.4, 0.5) is 0 Å². The van der Waals surface area contributed by atoms with Gasteiger partial charge in [-0.2, -0.15) is 0 Å². The van der Waals surface area contributed by atoms with E-state index in [9.17, 15) is 0 Å². The van der Waals surface area contributed by atoms with Crippen LogP contribution in [0.15, 0.2) is 35.0 Å². The van der Waals surface area contributed by atoms with Crippen molar-refractivity contribution in [3.05, 3.63) is 47.6 Å². The Balaban J connectivity index is 1.94. The van der Waals surface area contributed by atoms with E-state index in [4.69, 9.17) is 4.52 Å². The zero-order valence-corrected chi connectivity index (χ0v) is 11.5. The molecule has 0 spiro atoms. The molecule has 0 atom stereocenters. The summed E-state index contributed by atoms with van der Waals surface area (Å²) in [7, 11) is 1.90. The van der Waals surface area contributed by atoms with Gasteiger partial charge in [-0.3, -0.25) is 9.88 Å². The summed E-state index contributed by atoms with van der Waals surface area (Å²) < 4.78 is 5.34. The fourth-order valence-corrected chi connectivity index (χ4v) is 1.92. The van der Waals surface area contributed by atoms with Gasteiger partial charge in [0.05, 0.1) is 17.9 Å². The lowest BCUT2D eigenvalue weighted by Crippen LogP contribution is -2.22.